The Balaban J connectivity index is 2.14. The van der Waals surface area contributed by atoms with E-state index in [1.165, 1.54) is 0 Å². The van der Waals surface area contributed by atoms with Gasteiger partial charge in [0.2, 0.25) is 0 Å². The molecule has 1 aromatic heterocycles. The minimum Gasteiger partial charge on any atom is -0.352 e. The second-order valence-corrected chi connectivity index (χ2v) is 4.15. The van der Waals surface area contributed by atoms with Gasteiger partial charge in [-0.3, -0.25) is 9.89 Å². The number of H-pyrrole nitrogens is 1. The summed E-state index contributed by atoms with van der Waals surface area (Å²) in [6, 6.07) is 0. The minimum atomic E-state index is -0.0522. The third-order valence-electron chi connectivity index (χ3n) is 2.42. The monoisotopic (exact) mass is 243 g/mol. The highest BCUT2D eigenvalue weighted by Gasteiger charge is 2.09. The van der Waals surface area contributed by atoms with Gasteiger partial charge < -0.3 is 5.32 Å². The SMILES string of the molecule is Cc1[nH]ncc1C(=O)NCCCCCCCl. The summed E-state index contributed by atoms with van der Waals surface area (Å²) in [6.45, 7) is 2.55. The molecule has 0 unspecified atom stereocenters. The highest BCUT2D eigenvalue weighted by atomic mass is 35.5. The molecule has 1 amide bonds. The molecule has 0 spiro atoms. The molecular formula is C11H18ClN3O. The molecular weight excluding hydrogens is 226 g/mol. The molecule has 0 fully saturated rings. The first kappa shape index (κ1) is 13.0. The zero-order valence-electron chi connectivity index (χ0n) is 9.55. The molecule has 4 nitrogen and oxygen atoms in total. The summed E-state index contributed by atoms with van der Waals surface area (Å²) in [7, 11) is 0. The molecule has 2 N–H and O–H groups in total. The number of rotatable bonds is 7. The maximum atomic E-state index is 11.6. The average molecular weight is 244 g/mol. The van der Waals surface area contributed by atoms with Gasteiger partial charge in [-0.1, -0.05) is 12.8 Å². The molecule has 0 saturated heterocycles. The fraction of sp³-hybridized carbons (Fsp3) is 0.636. The summed E-state index contributed by atoms with van der Waals surface area (Å²) in [4.78, 5) is 11.6. The Morgan fingerprint density at radius 1 is 1.44 bits per heavy atom. The Hall–Kier alpha value is -1.03. The minimum absolute atomic E-state index is 0.0522. The van der Waals surface area contributed by atoms with Crippen LogP contribution in [-0.4, -0.2) is 28.5 Å². The number of aryl methyl sites for hydroxylation is 1. The molecule has 0 atom stereocenters. The van der Waals surface area contributed by atoms with E-state index >= 15 is 0 Å². The number of hydrogen-bond acceptors (Lipinski definition) is 2. The van der Waals surface area contributed by atoms with Crippen LogP contribution in [-0.2, 0) is 0 Å². The van der Waals surface area contributed by atoms with Crippen LogP contribution < -0.4 is 5.32 Å². The third-order valence-corrected chi connectivity index (χ3v) is 2.69. The van der Waals surface area contributed by atoms with Gasteiger partial charge in [-0.25, -0.2) is 0 Å². The second-order valence-electron chi connectivity index (χ2n) is 3.77. The number of unbranched alkanes of at least 4 members (excludes halogenated alkanes) is 3. The molecule has 0 aliphatic heterocycles. The number of nitrogens with one attached hydrogen (secondary N) is 2. The normalized spacial score (nSPS) is 10.4. The van der Waals surface area contributed by atoms with E-state index in [1.54, 1.807) is 6.20 Å². The van der Waals surface area contributed by atoms with Gasteiger partial charge in [0.05, 0.1) is 11.8 Å². The number of aromatic nitrogens is 2. The molecule has 90 valence electrons. The van der Waals surface area contributed by atoms with Crippen LogP contribution in [0.25, 0.3) is 0 Å². The molecule has 0 saturated carbocycles. The molecule has 1 aromatic rings. The fourth-order valence-corrected chi connectivity index (χ4v) is 1.64. The maximum absolute atomic E-state index is 11.6. The van der Waals surface area contributed by atoms with Gasteiger partial charge in [-0.2, -0.15) is 5.10 Å². The van der Waals surface area contributed by atoms with Gasteiger partial charge >= 0.3 is 0 Å². The topological polar surface area (TPSA) is 57.8 Å². The number of amides is 1. The van der Waals surface area contributed by atoms with Crippen molar-refractivity contribution in [3.05, 3.63) is 17.5 Å². The number of halogens is 1. The van der Waals surface area contributed by atoms with Crippen molar-refractivity contribution in [1.82, 2.24) is 15.5 Å². The Morgan fingerprint density at radius 2 is 2.19 bits per heavy atom. The number of carbonyl (C=O) groups excluding carboxylic acids is 1. The number of alkyl halides is 1. The largest absolute Gasteiger partial charge is 0.352 e. The Bertz CT molecular complexity index is 325. The lowest BCUT2D eigenvalue weighted by atomic mass is 10.2. The number of aromatic amines is 1. The third kappa shape index (κ3) is 4.23. The number of carbonyl (C=O) groups is 1. The van der Waals surface area contributed by atoms with Crippen molar-refractivity contribution in [3.8, 4) is 0 Å². The molecule has 0 radical (unpaired) electrons. The van der Waals surface area contributed by atoms with E-state index in [0.29, 0.717) is 12.1 Å². The lowest BCUT2D eigenvalue weighted by Gasteiger charge is -2.03. The van der Waals surface area contributed by atoms with E-state index < -0.39 is 0 Å². The van der Waals surface area contributed by atoms with Crippen LogP contribution in [0.15, 0.2) is 6.20 Å². The van der Waals surface area contributed by atoms with Gasteiger partial charge in [-0.15, -0.1) is 11.6 Å². The Kier molecular flexibility index (Phi) is 5.93. The van der Waals surface area contributed by atoms with E-state index in [2.05, 4.69) is 15.5 Å². The van der Waals surface area contributed by atoms with E-state index in [4.69, 9.17) is 11.6 Å². The number of hydrogen-bond donors (Lipinski definition) is 2. The standard InChI is InChI=1S/C11H18ClN3O/c1-9-10(8-14-15-9)11(16)13-7-5-3-2-4-6-12/h8H,2-7H2,1H3,(H,13,16)(H,14,15). The van der Waals surface area contributed by atoms with Crippen LogP contribution in [0.3, 0.4) is 0 Å². The molecule has 0 aliphatic rings. The van der Waals surface area contributed by atoms with Crippen molar-refractivity contribution in [2.45, 2.75) is 32.6 Å². The zero-order valence-corrected chi connectivity index (χ0v) is 10.3. The summed E-state index contributed by atoms with van der Waals surface area (Å²) >= 11 is 5.57. The fourth-order valence-electron chi connectivity index (χ4n) is 1.45. The molecule has 1 rings (SSSR count). The lowest BCUT2D eigenvalue weighted by Crippen LogP contribution is -2.24. The molecule has 1 heterocycles. The lowest BCUT2D eigenvalue weighted by molar-refractivity contribution is 0.0952. The molecule has 0 bridgehead atoms. The molecule has 16 heavy (non-hydrogen) atoms. The molecule has 0 aliphatic carbocycles. The quantitative estimate of drug-likeness (QED) is 0.570. The molecule has 5 heteroatoms. The highest BCUT2D eigenvalue weighted by Crippen LogP contribution is 2.03. The van der Waals surface area contributed by atoms with E-state index in [1.807, 2.05) is 6.92 Å². The second kappa shape index (κ2) is 7.28. The van der Waals surface area contributed by atoms with Crippen LogP contribution in [0.2, 0.25) is 0 Å². The van der Waals surface area contributed by atoms with Crippen molar-refractivity contribution in [2.24, 2.45) is 0 Å². The first-order valence-electron chi connectivity index (χ1n) is 5.60. The van der Waals surface area contributed by atoms with Crippen LogP contribution in [0.5, 0.6) is 0 Å². The van der Waals surface area contributed by atoms with Gasteiger partial charge in [0.25, 0.3) is 5.91 Å². The zero-order chi connectivity index (χ0) is 11.8. The highest BCUT2D eigenvalue weighted by molar-refractivity contribution is 6.17. The van der Waals surface area contributed by atoms with E-state index in [9.17, 15) is 4.79 Å². The van der Waals surface area contributed by atoms with Crippen molar-refractivity contribution < 1.29 is 4.79 Å². The first-order valence-corrected chi connectivity index (χ1v) is 6.13. The number of nitrogens with zero attached hydrogens (tertiary/aromatic N) is 1. The van der Waals surface area contributed by atoms with Gasteiger partial charge in [0.15, 0.2) is 0 Å². The van der Waals surface area contributed by atoms with Crippen LogP contribution in [0.4, 0.5) is 0 Å². The Morgan fingerprint density at radius 3 is 2.81 bits per heavy atom. The van der Waals surface area contributed by atoms with Crippen molar-refractivity contribution in [2.75, 3.05) is 12.4 Å². The predicted octanol–water partition coefficient (Wildman–Crippen LogP) is 2.25. The summed E-state index contributed by atoms with van der Waals surface area (Å²) < 4.78 is 0. The summed E-state index contributed by atoms with van der Waals surface area (Å²) in [5.74, 6) is 0.671. The molecule has 0 aromatic carbocycles. The summed E-state index contributed by atoms with van der Waals surface area (Å²) in [5.41, 5.74) is 1.43. The van der Waals surface area contributed by atoms with Crippen LogP contribution >= 0.6 is 11.6 Å². The van der Waals surface area contributed by atoms with Crippen LogP contribution in [0.1, 0.15) is 41.7 Å². The van der Waals surface area contributed by atoms with Crippen molar-refractivity contribution >= 4 is 17.5 Å². The van der Waals surface area contributed by atoms with Gasteiger partial charge in [0.1, 0.15) is 0 Å². The average Bonchev–Trinajstić information content (AvgIpc) is 2.69. The summed E-state index contributed by atoms with van der Waals surface area (Å²) in [5, 5.41) is 9.42. The van der Waals surface area contributed by atoms with Gasteiger partial charge in [0, 0.05) is 18.1 Å². The Labute approximate surface area is 101 Å². The summed E-state index contributed by atoms with van der Waals surface area (Å²) in [6.07, 6.45) is 5.84. The van der Waals surface area contributed by atoms with Gasteiger partial charge in [-0.05, 0) is 19.8 Å². The first-order chi connectivity index (χ1) is 7.75. The van der Waals surface area contributed by atoms with Crippen molar-refractivity contribution in [3.63, 3.8) is 0 Å². The van der Waals surface area contributed by atoms with E-state index in [0.717, 1.165) is 37.3 Å². The van der Waals surface area contributed by atoms with Crippen LogP contribution in [0, 0.1) is 6.92 Å². The van der Waals surface area contributed by atoms with E-state index in [-0.39, 0.29) is 5.91 Å². The smallest absolute Gasteiger partial charge is 0.254 e. The predicted molar refractivity (Wildman–Crippen MR) is 64.8 cm³/mol. The maximum Gasteiger partial charge on any atom is 0.254 e. The van der Waals surface area contributed by atoms with Crippen molar-refractivity contribution in [1.29, 1.82) is 0 Å².